The molecule has 0 spiro atoms. The van der Waals surface area contributed by atoms with Crippen molar-refractivity contribution < 1.29 is 9.53 Å². The van der Waals surface area contributed by atoms with Crippen molar-refractivity contribution in [3.8, 4) is 17.0 Å². The van der Waals surface area contributed by atoms with Crippen LogP contribution in [0.1, 0.15) is 11.1 Å². The first kappa shape index (κ1) is 18.9. The minimum atomic E-state index is -0.120. The number of aromatic nitrogens is 2. The van der Waals surface area contributed by atoms with Gasteiger partial charge in [-0.3, -0.25) is 4.79 Å². The lowest BCUT2D eigenvalue weighted by atomic mass is 10.0. The zero-order valence-electron chi connectivity index (χ0n) is 15.5. The van der Waals surface area contributed by atoms with Crippen LogP contribution in [0.25, 0.3) is 11.3 Å². The minimum Gasteiger partial charge on any atom is -0.495 e. The fourth-order valence-electron chi connectivity index (χ4n) is 2.63. The third-order valence-corrected chi connectivity index (χ3v) is 4.96. The number of carbonyl (C=O) groups is 1. The van der Waals surface area contributed by atoms with Gasteiger partial charge in [-0.25, -0.2) is 0 Å². The fourth-order valence-corrected chi connectivity index (χ4v) is 3.24. The number of carbonyl (C=O) groups excluding carboxylic acids is 1. The maximum atomic E-state index is 12.2. The van der Waals surface area contributed by atoms with Crippen molar-refractivity contribution in [2.75, 3.05) is 18.2 Å². The van der Waals surface area contributed by atoms with Gasteiger partial charge in [0.1, 0.15) is 10.8 Å². The normalized spacial score (nSPS) is 10.5. The lowest BCUT2D eigenvalue weighted by Crippen LogP contribution is -2.14. The van der Waals surface area contributed by atoms with Crippen LogP contribution in [-0.2, 0) is 4.79 Å². The summed E-state index contributed by atoms with van der Waals surface area (Å²) in [5, 5.41) is 12.1. The number of ether oxygens (including phenoxy) is 1. The molecule has 0 atom stereocenters. The predicted molar refractivity (Wildman–Crippen MR) is 109 cm³/mol. The second kappa shape index (κ2) is 8.68. The van der Waals surface area contributed by atoms with E-state index in [1.165, 1.54) is 17.3 Å². The summed E-state index contributed by atoms with van der Waals surface area (Å²) in [5.74, 6) is 0.758. The van der Waals surface area contributed by atoms with Crippen LogP contribution >= 0.6 is 11.8 Å². The maximum absolute atomic E-state index is 12.2. The number of para-hydroxylation sites is 2. The van der Waals surface area contributed by atoms with E-state index < -0.39 is 0 Å². The number of anilines is 1. The first-order valence-corrected chi connectivity index (χ1v) is 9.52. The van der Waals surface area contributed by atoms with Crippen LogP contribution in [0.15, 0.2) is 59.6 Å². The highest BCUT2D eigenvalue weighted by Crippen LogP contribution is 2.25. The van der Waals surface area contributed by atoms with Crippen molar-refractivity contribution in [2.24, 2.45) is 0 Å². The highest BCUT2D eigenvalue weighted by Gasteiger charge is 2.09. The van der Waals surface area contributed by atoms with E-state index in [-0.39, 0.29) is 11.7 Å². The molecule has 1 heterocycles. The molecule has 3 aromatic rings. The van der Waals surface area contributed by atoms with Crippen LogP contribution in [0.2, 0.25) is 0 Å². The number of methoxy groups -OCH3 is 1. The number of rotatable bonds is 6. The molecule has 3 rings (SSSR count). The highest BCUT2D eigenvalue weighted by molar-refractivity contribution is 7.99. The Kier molecular flexibility index (Phi) is 6.08. The number of hydrogen-bond donors (Lipinski definition) is 1. The van der Waals surface area contributed by atoms with E-state index in [1.54, 1.807) is 19.2 Å². The summed E-state index contributed by atoms with van der Waals surface area (Å²) in [7, 11) is 1.58. The molecule has 0 unspecified atom stereocenters. The van der Waals surface area contributed by atoms with Gasteiger partial charge in [-0.1, -0.05) is 41.6 Å². The zero-order chi connectivity index (χ0) is 19.2. The number of hydrogen-bond acceptors (Lipinski definition) is 5. The second-order valence-electron chi connectivity index (χ2n) is 6.11. The molecule has 0 saturated carbocycles. The third kappa shape index (κ3) is 4.86. The number of thioether (sulfide) groups is 1. The largest absolute Gasteiger partial charge is 0.495 e. The SMILES string of the molecule is COc1ccccc1NC(=O)CSc1ccc(-c2cc(C)ccc2C)nn1. The highest BCUT2D eigenvalue weighted by atomic mass is 32.2. The molecule has 0 saturated heterocycles. The van der Waals surface area contributed by atoms with Crippen LogP contribution in [-0.4, -0.2) is 29.0 Å². The van der Waals surface area contributed by atoms with E-state index in [0.29, 0.717) is 16.5 Å². The predicted octanol–water partition coefficient (Wildman–Crippen LogP) is 4.50. The van der Waals surface area contributed by atoms with E-state index in [1.807, 2.05) is 24.3 Å². The van der Waals surface area contributed by atoms with Crippen LogP contribution in [0.4, 0.5) is 5.69 Å². The Balaban J connectivity index is 1.62. The molecular weight excluding hydrogens is 358 g/mol. The second-order valence-corrected chi connectivity index (χ2v) is 7.11. The Labute approximate surface area is 163 Å². The maximum Gasteiger partial charge on any atom is 0.234 e. The van der Waals surface area contributed by atoms with Gasteiger partial charge < -0.3 is 10.1 Å². The molecule has 1 aromatic heterocycles. The molecule has 1 amide bonds. The number of aryl methyl sites for hydroxylation is 2. The summed E-state index contributed by atoms with van der Waals surface area (Å²) in [5.41, 5.74) is 4.91. The van der Waals surface area contributed by atoms with Gasteiger partial charge in [0.05, 0.1) is 24.2 Å². The summed E-state index contributed by atoms with van der Waals surface area (Å²) in [4.78, 5) is 12.2. The number of nitrogens with one attached hydrogen (secondary N) is 1. The summed E-state index contributed by atoms with van der Waals surface area (Å²) < 4.78 is 5.24. The topological polar surface area (TPSA) is 64.1 Å². The Hall–Kier alpha value is -2.86. The molecule has 2 aromatic carbocycles. The Bertz CT molecular complexity index is 942. The monoisotopic (exact) mass is 379 g/mol. The Morgan fingerprint density at radius 2 is 1.89 bits per heavy atom. The van der Waals surface area contributed by atoms with Crippen molar-refractivity contribution in [1.29, 1.82) is 0 Å². The Morgan fingerprint density at radius 3 is 2.63 bits per heavy atom. The molecule has 0 aliphatic carbocycles. The van der Waals surface area contributed by atoms with Crippen LogP contribution in [0.5, 0.6) is 5.75 Å². The lowest BCUT2D eigenvalue weighted by molar-refractivity contribution is -0.113. The van der Waals surface area contributed by atoms with Crippen molar-refractivity contribution in [1.82, 2.24) is 10.2 Å². The Morgan fingerprint density at radius 1 is 1.07 bits per heavy atom. The zero-order valence-corrected chi connectivity index (χ0v) is 16.3. The average Bonchev–Trinajstić information content (AvgIpc) is 2.69. The van der Waals surface area contributed by atoms with Gasteiger partial charge in [0.25, 0.3) is 0 Å². The van der Waals surface area contributed by atoms with Crippen molar-refractivity contribution >= 4 is 23.4 Å². The standard InChI is InChI=1S/C21H21N3O2S/c1-14-8-9-15(2)16(12-14)17-10-11-21(24-23-17)27-13-20(25)22-18-6-4-5-7-19(18)26-3/h4-12H,13H2,1-3H3,(H,22,25). The molecule has 0 aliphatic rings. The molecule has 5 nitrogen and oxygen atoms in total. The first-order valence-electron chi connectivity index (χ1n) is 8.54. The van der Waals surface area contributed by atoms with Gasteiger partial charge in [0, 0.05) is 5.56 Å². The first-order chi connectivity index (χ1) is 13.1. The molecule has 6 heteroatoms. The molecule has 27 heavy (non-hydrogen) atoms. The molecule has 1 N–H and O–H groups in total. The average molecular weight is 379 g/mol. The van der Waals surface area contributed by atoms with Gasteiger partial charge in [0.15, 0.2) is 0 Å². The molecule has 138 valence electrons. The molecule has 0 fully saturated rings. The molecule has 0 bridgehead atoms. The van der Waals surface area contributed by atoms with Crippen LogP contribution < -0.4 is 10.1 Å². The lowest BCUT2D eigenvalue weighted by Gasteiger charge is -2.09. The summed E-state index contributed by atoms with van der Waals surface area (Å²) >= 11 is 1.35. The van der Waals surface area contributed by atoms with Crippen molar-refractivity contribution in [3.63, 3.8) is 0 Å². The molecular formula is C21H21N3O2S. The number of benzene rings is 2. The van der Waals surface area contributed by atoms with E-state index in [4.69, 9.17) is 4.74 Å². The van der Waals surface area contributed by atoms with Crippen LogP contribution in [0, 0.1) is 13.8 Å². The van der Waals surface area contributed by atoms with Crippen molar-refractivity contribution in [2.45, 2.75) is 18.9 Å². The summed E-state index contributed by atoms with van der Waals surface area (Å²) in [6.07, 6.45) is 0. The smallest absolute Gasteiger partial charge is 0.234 e. The number of nitrogens with zero attached hydrogens (tertiary/aromatic N) is 2. The molecule has 0 radical (unpaired) electrons. The quantitative estimate of drug-likeness (QED) is 0.639. The summed E-state index contributed by atoms with van der Waals surface area (Å²) in [6, 6.07) is 17.4. The summed E-state index contributed by atoms with van der Waals surface area (Å²) in [6.45, 7) is 4.11. The third-order valence-electron chi connectivity index (χ3n) is 4.04. The van der Waals surface area contributed by atoms with E-state index in [0.717, 1.165) is 16.8 Å². The van der Waals surface area contributed by atoms with Gasteiger partial charge in [-0.2, -0.15) is 0 Å². The van der Waals surface area contributed by atoms with Gasteiger partial charge >= 0.3 is 0 Å². The van der Waals surface area contributed by atoms with Gasteiger partial charge in [-0.15, -0.1) is 10.2 Å². The van der Waals surface area contributed by atoms with E-state index in [9.17, 15) is 4.79 Å². The van der Waals surface area contributed by atoms with Crippen LogP contribution in [0.3, 0.4) is 0 Å². The molecule has 0 aliphatic heterocycles. The van der Waals surface area contributed by atoms with E-state index in [2.05, 4.69) is 47.6 Å². The minimum absolute atomic E-state index is 0.120. The van der Waals surface area contributed by atoms with Gasteiger partial charge in [0.2, 0.25) is 5.91 Å². The van der Waals surface area contributed by atoms with Crippen molar-refractivity contribution in [3.05, 3.63) is 65.7 Å². The van der Waals surface area contributed by atoms with E-state index >= 15 is 0 Å². The number of amides is 1. The van der Waals surface area contributed by atoms with Gasteiger partial charge in [-0.05, 0) is 49.7 Å². The fraction of sp³-hybridized carbons (Fsp3) is 0.190.